The highest BCUT2D eigenvalue weighted by Crippen LogP contribution is 2.23. The summed E-state index contributed by atoms with van der Waals surface area (Å²) in [5.41, 5.74) is 1.90. The number of piperazine rings is 1. The third-order valence-corrected chi connectivity index (χ3v) is 4.65. The maximum absolute atomic E-state index is 12.2. The first-order valence-electron chi connectivity index (χ1n) is 7.28. The molecule has 6 nitrogen and oxygen atoms in total. The van der Waals surface area contributed by atoms with Crippen molar-refractivity contribution in [3.63, 3.8) is 0 Å². The molecule has 21 heavy (non-hydrogen) atoms. The fourth-order valence-electron chi connectivity index (χ4n) is 2.52. The highest BCUT2D eigenvalue weighted by atomic mass is 79.9. The number of halogens is 1. The van der Waals surface area contributed by atoms with Crippen LogP contribution in [-0.2, 0) is 29.6 Å². The van der Waals surface area contributed by atoms with Crippen LogP contribution in [0, 0.1) is 0 Å². The Morgan fingerprint density at radius 3 is 2.33 bits per heavy atom. The lowest BCUT2D eigenvalue weighted by Crippen LogP contribution is -2.54. The Hall–Kier alpha value is -1.37. The number of nitrogens with zero attached hydrogens (tertiary/aromatic N) is 4. The van der Waals surface area contributed by atoms with Crippen molar-refractivity contribution in [2.45, 2.75) is 33.2 Å². The SMILES string of the molecule is CCCN1CCN(Cc2c(Br)c(CC)nn2C)C(=O)C1=O. The average molecular weight is 357 g/mol. The summed E-state index contributed by atoms with van der Waals surface area (Å²) < 4.78 is 2.71. The summed E-state index contributed by atoms with van der Waals surface area (Å²) in [5.74, 6) is -0.807. The molecule has 1 aromatic heterocycles. The highest BCUT2D eigenvalue weighted by Gasteiger charge is 2.32. The molecule has 1 saturated heterocycles. The number of carbonyl (C=O) groups is 2. The molecule has 0 N–H and O–H groups in total. The molecule has 0 saturated carbocycles. The Morgan fingerprint density at radius 2 is 1.76 bits per heavy atom. The first kappa shape index (κ1) is 16.0. The van der Waals surface area contributed by atoms with E-state index in [4.69, 9.17) is 0 Å². The molecule has 0 spiro atoms. The predicted octanol–water partition coefficient (Wildman–Crippen LogP) is 1.33. The lowest BCUT2D eigenvalue weighted by Gasteiger charge is -2.33. The molecule has 0 radical (unpaired) electrons. The summed E-state index contributed by atoms with van der Waals surface area (Å²) >= 11 is 3.54. The van der Waals surface area contributed by atoms with Gasteiger partial charge >= 0.3 is 11.8 Å². The molecule has 7 heteroatoms. The van der Waals surface area contributed by atoms with Crippen LogP contribution in [-0.4, -0.2) is 51.0 Å². The lowest BCUT2D eigenvalue weighted by molar-refractivity contribution is -0.156. The molecular weight excluding hydrogens is 336 g/mol. The fraction of sp³-hybridized carbons (Fsp3) is 0.643. The molecule has 2 heterocycles. The van der Waals surface area contributed by atoms with Crippen molar-refractivity contribution in [3.05, 3.63) is 15.9 Å². The number of aromatic nitrogens is 2. The molecular formula is C14H21BrN4O2. The van der Waals surface area contributed by atoms with Gasteiger partial charge in [0.2, 0.25) is 0 Å². The molecule has 1 aromatic rings. The Morgan fingerprint density at radius 1 is 1.14 bits per heavy atom. The van der Waals surface area contributed by atoms with Crippen LogP contribution >= 0.6 is 15.9 Å². The second-order valence-electron chi connectivity index (χ2n) is 5.20. The quantitative estimate of drug-likeness (QED) is 0.747. The van der Waals surface area contributed by atoms with E-state index in [1.165, 1.54) is 0 Å². The second kappa shape index (κ2) is 6.60. The molecule has 1 aliphatic rings. The molecule has 0 aliphatic carbocycles. The zero-order chi connectivity index (χ0) is 15.6. The molecule has 2 rings (SSSR count). The van der Waals surface area contributed by atoms with Crippen LogP contribution in [0.2, 0.25) is 0 Å². The van der Waals surface area contributed by atoms with Crippen molar-refractivity contribution in [1.82, 2.24) is 19.6 Å². The molecule has 116 valence electrons. The van der Waals surface area contributed by atoms with E-state index < -0.39 is 11.8 Å². The van der Waals surface area contributed by atoms with Gasteiger partial charge in [-0.05, 0) is 28.8 Å². The monoisotopic (exact) mass is 356 g/mol. The average Bonchev–Trinajstić information content (AvgIpc) is 2.74. The van der Waals surface area contributed by atoms with Crippen LogP contribution in [0.3, 0.4) is 0 Å². The number of rotatable bonds is 5. The van der Waals surface area contributed by atoms with Crippen molar-refractivity contribution in [2.24, 2.45) is 7.05 Å². The van der Waals surface area contributed by atoms with Crippen LogP contribution in [0.5, 0.6) is 0 Å². The van der Waals surface area contributed by atoms with E-state index in [1.807, 2.05) is 20.9 Å². The second-order valence-corrected chi connectivity index (χ2v) is 6.00. The van der Waals surface area contributed by atoms with Crippen LogP contribution in [0.25, 0.3) is 0 Å². The summed E-state index contributed by atoms with van der Waals surface area (Å²) in [4.78, 5) is 27.5. The van der Waals surface area contributed by atoms with Crippen molar-refractivity contribution in [1.29, 1.82) is 0 Å². The van der Waals surface area contributed by atoms with Crippen LogP contribution in [0.15, 0.2) is 4.47 Å². The number of carbonyl (C=O) groups excluding carboxylic acids is 2. The van der Waals surface area contributed by atoms with E-state index in [1.54, 1.807) is 14.5 Å². The maximum Gasteiger partial charge on any atom is 0.312 e. The van der Waals surface area contributed by atoms with Gasteiger partial charge in [0.15, 0.2) is 0 Å². The minimum absolute atomic E-state index is 0.392. The van der Waals surface area contributed by atoms with Crippen LogP contribution in [0.4, 0.5) is 0 Å². The number of hydrogen-bond donors (Lipinski definition) is 0. The maximum atomic E-state index is 12.2. The number of hydrogen-bond acceptors (Lipinski definition) is 3. The molecule has 2 amide bonds. The van der Waals surface area contributed by atoms with Crippen molar-refractivity contribution >= 4 is 27.7 Å². The molecule has 0 atom stereocenters. The van der Waals surface area contributed by atoms with Gasteiger partial charge in [-0.2, -0.15) is 5.10 Å². The van der Waals surface area contributed by atoms with Crippen LogP contribution in [0.1, 0.15) is 31.7 Å². The van der Waals surface area contributed by atoms with Gasteiger partial charge < -0.3 is 9.80 Å². The largest absolute Gasteiger partial charge is 0.333 e. The fourth-order valence-corrected chi connectivity index (χ4v) is 3.26. The predicted molar refractivity (Wildman–Crippen MR) is 82.6 cm³/mol. The van der Waals surface area contributed by atoms with Gasteiger partial charge in [0.1, 0.15) is 0 Å². The number of amides is 2. The Balaban J connectivity index is 2.13. The summed E-state index contributed by atoms with van der Waals surface area (Å²) in [5, 5.41) is 4.42. The third kappa shape index (κ3) is 3.12. The molecule has 1 aliphatic heterocycles. The molecule has 0 bridgehead atoms. The van der Waals surface area contributed by atoms with E-state index in [9.17, 15) is 9.59 Å². The van der Waals surface area contributed by atoms with Crippen molar-refractivity contribution < 1.29 is 9.59 Å². The van der Waals surface area contributed by atoms with Gasteiger partial charge in [-0.15, -0.1) is 0 Å². The standard InChI is InChI=1S/C14H21BrN4O2/c1-4-6-18-7-8-19(14(21)13(18)20)9-11-12(15)10(5-2)16-17(11)3/h4-9H2,1-3H3. The smallest absolute Gasteiger partial charge is 0.312 e. The number of aryl methyl sites for hydroxylation is 2. The summed E-state index contributed by atoms with van der Waals surface area (Å²) in [6, 6.07) is 0. The lowest BCUT2D eigenvalue weighted by atomic mass is 10.2. The van der Waals surface area contributed by atoms with Gasteiger partial charge in [0, 0.05) is 26.7 Å². The summed E-state index contributed by atoms with van der Waals surface area (Å²) in [7, 11) is 1.86. The van der Waals surface area contributed by atoms with Gasteiger partial charge in [0.05, 0.1) is 22.4 Å². The van der Waals surface area contributed by atoms with E-state index >= 15 is 0 Å². The third-order valence-electron chi connectivity index (χ3n) is 3.73. The zero-order valence-corrected chi connectivity index (χ0v) is 14.3. The Labute approximate surface area is 133 Å². The Kier molecular flexibility index (Phi) is 5.03. The molecule has 0 aromatic carbocycles. The van der Waals surface area contributed by atoms with Gasteiger partial charge in [0.25, 0.3) is 0 Å². The van der Waals surface area contributed by atoms with E-state index in [-0.39, 0.29) is 0 Å². The summed E-state index contributed by atoms with van der Waals surface area (Å²) in [6.07, 6.45) is 1.69. The Bertz CT molecular complexity index is 555. The zero-order valence-electron chi connectivity index (χ0n) is 12.7. The van der Waals surface area contributed by atoms with Crippen LogP contribution < -0.4 is 0 Å². The topological polar surface area (TPSA) is 58.4 Å². The van der Waals surface area contributed by atoms with E-state index in [2.05, 4.69) is 21.0 Å². The normalized spacial score (nSPS) is 16.0. The molecule has 1 fully saturated rings. The van der Waals surface area contributed by atoms with Gasteiger partial charge in [-0.3, -0.25) is 14.3 Å². The van der Waals surface area contributed by atoms with Gasteiger partial charge in [-0.25, -0.2) is 0 Å². The van der Waals surface area contributed by atoms with E-state index in [0.29, 0.717) is 26.2 Å². The minimum Gasteiger partial charge on any atom is -0.333 e. The van der Waals surface area contributed by atoms with Gasteiger partial charge in [-0.1, -0.05) is 13.8 Å². The first-order chi connectivity index (χ1) is 9.99. The highest BCUT2D eigenvalue weighted by molar-refractivity contribution is 9.10. The first-order valence-corrected chi connectivity index (χ1v) is 8.07. The van der Waals surface area contributed by atoms with Crippen molar-refractivity contribution in [3.8, 4) is 0 Å². The van der Waals surface area contributed by atoms with Crippen molar-refractivity contribution in [2.75, 3.05) is 19.6 Å². The summed E-state index contributed by atoms with van der Waals surface area (Å²) in [6.45, 7) is 6.28. The minimum atomic E-state index is -0.416. The van der Waals surface area contributed by atoms with E-state index in [0.717, 1.165) is 28.7 Å². The molecule has 0 unspecified atom stereocenters.